The zero-order valence-electron chi connectivity index (χ0n) is 62.7. The van der Waals surface area contributed by atoms with Gasteiger partial charge in [-0.15, -0.1) is 0 Å². The second kappa shape index (κ2) is 26.2. The van der Waals surface area contributed by atoms with Gasteiger partial charge in [-0.3, -0.25) is 0 Å². The molecule has 0 aliphatic heterocycles. The Kier molecular flexibility index (Phi) is 15.7. The number of fused-ring (bicyclic) bond motifs is 15. The highest BCUT2D eigenvalue weighted by molar-refractivity contribution is 6.17. The standard InChI is InChI=1S/C100H76N8O4/c1-99(2,3)111-97(109)107-90-40-24-19-35-80(90)85-58-53-75(63-95(85)107)102(73-51-56-83-78-33-17-22-38-88(78)105(93(83)61-73)66-28-12-8-13-29-66)70-46-42-68(43-47-70)101(72-50-55-82-77-32-16-21-37-87(77)104(92(82)60-72)65-26-10-7-11-27-65)69-44-48-71(49-45-69)103(74-52-57-84-79-34-18-23-39-89(79)106(94(84)62-74)67-30-14-9-15-31-67)76-54-59-86-81-36-20-25-41-91(81)108(96(86)64-76)98(110)112-100(4,5)6/h7-64H,1-6H3. The second-order valence-corrected chi connectivity index (χ2v) is 30.8. The zero-order chi connectivity index (χ0) is 75.7. The van der Waals surface area contributed by atoms with E-state index in [1.165, 1.54) is 0 Å². The van der Waals surface area contributed by atoms with E-state index in [9.17, 15) is 9.59 Å². The normalized spacial score (nSPS) is 12.1. The van der Waals surface area contributed by atoms with Crippen molar-refractivity contribution in [3.05, 3.63) is 352 Å². The lowest BCUT2D eigenvalue weighted by Crippen LogP contribution is -2.27. The summed E-state index contributed by atoms with van der Waals surface area (Å²) >= 11 is 0. The monoisotopic (exact) mass is 1450 g/mol. The summed E-state index contributed by atoms with van der Waals surface area (Å²) in [6.45, 7) is 11.4. The van der Waals surface area contributed by atoms with Crippen molar-refractivity contribution in [1.29, 1.82) is 0 Å². The number of rotatable bonds is 12. The van der Waals surface area contributed by atoms with E-state index in [1.807, 2.05) is 77.9 Å². The molecule has 0 radical (unpaired) electrons. The van der Waals surface area contributed by atoms with Gasteiger partial charge >= 0.3 is 12.2 Å². The van der Waals surface area contributed by atoms with Crippen LogP contribution in [0.3, 0.4) is 0 Å². The molecule has 0 amide bonds. The number of hydrogen-bond acceptors (Lipinski definition) is 7. The van der Waals surface area contributed by atoms with E-state index < -0.39 is 23.4 Å². The fourth-order valence-corrected chi connectivity index (χ4v) is 16.9. The number of aromatic nitrogens is 5. The predicted octanol–water partition coefficient (Wildman–Crippen LogP) is 27.2. The van der Waals surface area contributed by atoms with Crippen LogP contribution in [0.1, 0.15) is 41.5 Å². The van der Waals surface area contributed by atoms with Gasteiger partial charge in [0, 0.05) is 122 Å². The molecule has 20 rings (SSSR count). The first-order chi connectivity index (χ1) is 54.6. The molecule has 12 nitrogen and oxygen atoms in total. The van der Waals surface area contributed by atoms with Crippen molar-refractivity contribution in [1.82, 2.24) is 22.8 Å². The molecule has 0 spiro atoms. The lowest BCUT2D eigenvalue weighted by molar-refractivity contribution is 0.0540. The molecular formula is C100H76N8O4. The Bertz CT molecular complexity index is 6790. The molecule has 5 heterocycles. The van der Waals surface area contributed by atoms with E-state index in [1.54, 1.807) is 9.13 Å². The van der Waals surface area contributed by atoms with Crippen LogP contribution in [-0.4, -0.2) is 46.2 Å². The highest BCUT2D eigenvalue weighted by Crippen LogP contribution is 2.48. The summed E-state index contributed by atoms with van der Waals surface area (Å²) in [7, 11) is 0. The topological polar surface area (TPSA) is 87.0 Å². The molecule has 0 N–H and O–H groups in total. The summed E-state index contributed by atoms with van der Waals surface area (Å²) in [4.78, 5) is 36.3. The average Bonchev–Trinajstić information content (AvgIpc) is 1.59. The minimum absolute atomic E-state index is 0.449. The lowest BCUT2D eigenvalue weighted by Gasteiger charge is -2.30. The third-order valence-electron chi connectivity index (χ3n) is 21.5. The van der Waals surface area contributed by atoms with Crippen LogP contribution >= 0.6 is 0 Å². The van der Waals surface area contributed by atoms with Crippen molar-refractivity contribution in [2.45, 2.75) is 52.7 Å². The molecule has 15 aromatic carbocycles. The zero-order valence-corrected chi connectivity index (χ0v) is 62.7. The van der Waals surface area contributed by atoms with Crippen molar-refractivity contribution >= 4 is 172 Å². The van der Waals surface area contributed by atoms with Gasteiger partial charge in [0.15, 0.2) is 0 Å². The summed E-state index contributed by atoms with van der Waals surface area (Å²) in [5.74, 6) is 0. The number of carbonyl (C=O) groups is 2. The fourth-order valence-electron chi connectivity index (χ4n) is 16.9. The Balaban J connectivity index is 0.788. The van der Waals surface area contributed by atoms with Crippen molar-refractivity contribution in [3.8, 4) is 17.1 Å². The molecule has 0 unspecified atom stereocenters. The summed E-state index contributed by atoms with van der Waals surface area (Å²) in [5, 5.41) is 10.6. The molecule has 0 saturated carbocycles. The van der Waals surface area contributed by atoms with Gasteiger partial charge in [-0.2, -0.15) is 0 Å². The Morgan fingerprint density at radius 2 is 0.411 bits per heavy atom. The van der Waals surface area contributed by atoms with Crippen LogP contribution in [0.15, 0.2) is 352 Å². The van der Waals surface area contributed by atoms with Crippen molar-refractivity contribution in [2.75, 3.05) is 14.7 Å². The number of ether oxygens (including phenoxy) is 2. The number of nitrogens with zero attached hydrogens (tertiary/aromatic N) is 8. The third-order valence-corrected chi connectivity index (χ3v) is 21.5. The first-order valence-corrected chi connectivity index (χ1v) is 38.0. The quantitative estimate of drug-likeness (QED) is 0.120. The number of anilines is 9. The Morgan fingerprint density at radius 1 is 0.214 bits per heavy atom. The average molecular weight is 1450 g/mol. The fraction of sp³-hybridized carbons (Fsp3) is 0.0800. The van der Waals surface area contributed by atoms with Crippen LogP contribution in [0.4, 0.5) is 60.8 Å². The highest BCUT2D eigenvalue weighted by Gasteiger charge is 2.29. The van der Waals surface area contributed by atoms with Crippen LogP contribution in [0.2, 0.25) is 0 Å². The Labute approximate surface area is 646 Å². The van der Waals surface area contributed by atoms with Crippen molar-refractivity contribution in [3.63, 3.8) is 0 Å². The van der Waals surface area contributed by atoms with Gasteiger partial charge in [-0.1, -0.05) is 176 Å². The smallest absolute Gasteiger partial charge is 0.419 e. The van der Waals surface area contributed by atoms with E-state index in [2.05, 4.69) is 344 Å². The first kappa shape index (κ1) is 67.0. The number of benzene rings is 15. The maximum Gasteiger partial charge on any atom is 0.419 e. The molecular weight excluding hydrogens is 1380 g/mol. The van der Waals surface area contributed by atoms with E-state index in [-0.39, 0.29) is 0 Å². The van der Waals surface area contributed by atoms with E-state index in [0.29, 0.717) is 0 Å². The SMILES string of the molecule is CC(C)(C)OC(=O)n1c2ccccc2c2ccc(N(c3ccc(N(c4ccc(N(c5ccc6c7ccccc7n(C(=O)OC(C)(C)C)c6c5)c5ccc6c7ccccc7n(-c7ccccc7)c6c5)cc4)c4ccc5c6ccccc6n(-c6ccccc6)c5c4)cc3)c3ccc4c5ccccc5n(-c5ccccc5)c4c3)cc21. The van der Waals surface area contributed by atoms with Crippen molar-refractivity contribution < 1.29 is 19.1 Å². The third kappa shape index (κ3) is 11.3. The molecule has 0 aliphatic carbocycles. The molecule has 112 heavy (non-hydrogen) atoms. The molecule has 540 valence electrons. The molecule has 0 aliphatic rings. The van der Waals surface area contributed by atoms with Gasteiger partial charge < -0.3 is 37.9 Å². The van der Waals surface area contributed by atoms with E-state index >= 15 is 0 Å². The molecule has 12 heteroatoms. The largest absolute Gasteiger partial charge is 0.443 e. The lowest BCUT2D eigenvalue weighted by atomic mass is 10.1. The van der Waals surface area contributed by atoms with Gasteiger partial charge in [-0.25, -0.2) is 18.7 Å². The van der Waals surface area contributed by atoms with Crippen LogP contribution in [0, 0.1) is 0 Å². The minimum atomic E-state index is -0.747. The summed E-state index contributed by atoms with van der Waals surface area (Å²) in [6, 6.07) is 125. The van der Waals surface area contributed by atoms with Crippen LogP contribution in [-0.2, 0) is 9.47 Å². The van der Waals surface area contributed by atoms with Crippen LogP contribution in [0.5, 0.6) is 0 Å². The Hall–Kier alpha value is -14.4. The van der Waals surface area contributed by atoms with Gasteiger partial charge in [0.05, 0.1) is 55.2 Å². The van der Waals surface area contributed by atoms with Gasteiger partial charge in [0.25, 0.3) is 0 Å². The molecule has 0 bridgehead atoms. The maximum absolute atomic E-state index is 14.7. The summed E-state index contributed by atoms with van der Waals surface area (Å²) in [6.07, 6.45) is -0.899. The summed E-state index contributed by atoms with van der Waals surface area (Å²) < 4.78 is 22.9. The Morgan fingerprint density at radius 3 is 0.679 bits per heavy atom. The summed E-state index contributed by atoms with van der Waals surface area (Å²) in [5.41, 5.74) is 19.2. The van der Waals surface area contributed by atoms with E-state index in [4.69, 9.17) is 9.47 Å². The van der Waals surface area contributed by atoms with Gasteiger partial charge in [0.2, 0.25) is 0 Å². The molecule has 0 fully saturated rings. The molecule has 0 saturated heterocycles. The highest BCUT2D eigenvalue weighted by atomic mass is 16.6. The molecule has 5 aromatic heterocycles. The van der Waals surface area contributed by atoms with Gasteiger partial charge in [-0.05, 0) is 217 Å². The minimum Gasteiger partial charge on any atom is -0.443 e. The number of hydrogen-bond donors (Lipinski definition) is 0. The molecule has 20 aromatic rings. The maximum atomic E-state index is 14.7. The first-order valence-electron chi connectivity index (χ1n) is 38.0. The number of para-hydroxylation sites is 8. The molecule has 0 atom stereocenters. The van der Waals surface area contributed by atoms with Crippen LogP contribution in [0.25, 0.3) is 126 Å². The van der Waals surface area contributed by atoms with Crippen molar-refractivity contribution in [2.24, 2.45) is 0 Å². The van der Waals surface area contributed by atoms with Gasteiger partial charge in [0.1, 0.15) is 11.2 Å². The van der Waals surface area contributed by atoms with E-state index in [0.717, 1.165) is 177 Å². The predicted molar refractivity (Wildman–Crippen MR) is 463 cm³/mol. The van der Waals surface area contributed by atoms with Crippen LogP contribution < -0.4 is 14.7 Å². The number of carbonyl (C=O) groups excluding carboxylic acids is 2. The second-order valence-electron chi connectivity index (χ2n) is 30.8.